The summed E-state index contributed by atoms with van der Waals surface area (Å²) in [4.78, 5) is 17.6. The van der Waals surface area contributed by atoms with Gasteiger partial charge >= 0.3 is 5.69 Å². The Kier molecular flexibility index (Phi) is 3.74. The molecule has 1 N–H and O–H groups in total. The van der Waals surface area contributed by atoms with Gasteiger partial charge in [0, 0.05) is 25.3 Å². The molecule has 1 saturated heterocycles. The Morgan fingerprint density at radius 2 is 1.90 bits per heavy atom. The van der Waals surface area contributed by atoms with Crippen molar-refractivity contribution in [2.45, 2.75) is 25.8 Å². The normalized spacial score (nSPS) is 17.4. The Bertz CT molecular complexity index is 606. The number of nitrogens with zero attached hydrogens (tertiary/aromatic N) is 2. The van der Waals surface area contributed by atoms with Gasteiger partial charge in [-0.1, -0.05) is 37.3 Å². The van der Waals surface area contributed by atoms with E-state index in [2.05, 4.69) is 16.8 Å². The van der Waals surface area contributed by atoms with E-state index in [1.165, 1.54) is 0 Å². The van der Waals surface area contributed by atoms with E-state index in [1.807, 2.05) is 41.1 Å². The topological polar surface area (TPSA) is 41.0 Å². The van der Waals surface area contributed by atoms with E-state index in [0.29, 0.717) is 6.04 Å². The van der Waals surface area contributed by atoms with Crippen LogP contribution in [0.5, 0.6) is 0 Å². The van der Waals surface area contributed by atoms with E-state index < -0.39 is 0 Å². The molecule has 0 aliphatic carbocycles. The Morgan fingerprint density at radius 1 is 1.20 bits per heavy atom. The summed E-state index contributed by atoms with van der Waals surface area (Å²) in [5, 5.41) is 0. The SMILES string of the molecule is CCN1CCC(n2cc(-c3ccccc3)[nH]c2=O)CC1. The summed E-state index contributed by atoms with van der Waals surface area (Å²) < 4.78 is 1.88. The van der Waals surface area contributed by atoms with Crippen LogP contribution in [0.4, 0.5) is 0 Å². The number of hydrogen-bond donors (Lipinski definition) is 1. The van der Waals surface area contributed by atoms with Gasteiger partial charge in [0.2, 0.25) is 0 Å². The maximum Gasteiger partial charge on any atom is 0.326 e. The highest BCUT2D eigenvalue weighted by atomic mass is 16.1. The zero-order chi connectivity index (χ0) is 13.9. The second-order valence-corrected chi connectivity index (χ2v) is 5.41. The minimum Gasteiger partial charge on any atom is -0.306 e. The molecule has 0 unspecified atom stereocenters. The standard InChI is InChI=1S/C16H21N3O/c1-2-18-10-8-14(9-11-18)19-12-15(17-16(19)20)13-6-4-3-5-7-13/h3-7,12,14H,2,8-11H2,1H3,(H,17,20). The fourth-order valence-electron chi connectivity index (χ4n) is 2.96. The van der Waals surface area contributed by atoms with Gasteiger partial charge in [-0.15, -0.1) is 0 Å². The maximum atomic E-state index is 12.2. The molecule has 1 aromatic carbocycles. The largest absolute Gasteiger partial charge is 0.326 e. The monoisotopic (exact) mass is 271 g/mol. The van der Waals surface area contributed by atoms with Gasteiger partial charge in [-0.05, 0) is 24.9 Å². The molecule has 1 fully saturated rings. The number of imidazole rings is 1. The molecule has 0 spiro atoms. The summed E-state index contributed by atoms with van der Waals surface area (Å²) in [6, 6.07) is 10.3. The molecule has 20 heavy (non-hydrogen) atoms. The zero-order valence-corrected chi connectivity index (χ0v) is 11.9. The van der Waals surface area contributed by atoms with E-state index in [1.54, 1.807) is 0 Å². The van der Waals surface area contributed by atoms with Crippen molar-refractivity contribution in [3.05, 3.63) is 47.0 Å². The lowest BCUT2D eigenvalue weighted by Crippen LogP contribution is -2.36. The van der Waals surface area contributed by atoms with E-state index >= 15 is 0 Å². The van der Waals surface area contributed by atoms with Crippen molar-refractivity contribution in [3.8, 4) is 11.3 Å². The smallest absolute Gasteiger partial charge is 0.306 e. The van der Waals surface area contributed by atoms with Crippen molar-refractivity contribution in [2.75, 3.05) is 19.6 Å². The molecule has 0 atom stereocenters. The van der Waals surface area contributed by atoms with Gasteiger partial charge in [-0.2, -0.15) is 0 Å². The maximum absolute atomic E-state index is 12.2. The lowest BCUT2D eigenvalue weighted by atomic mass is 10.1. The summed E-state index contributed by atoms with van der Waals surface area (Å²) >= 11 is 0. The second-order valence-electron chi connectivity index (χ2n) is 5.41. The Morgan fingerprint density at radius 3 is 2.55 bits per heavy atom. The van der Waals surface area contributed by atoms with Crippen LogP contribution >= 0.6 is 0 Å². The second kappa shape index (κ2) is 5.67. The van der Waals surface area contributed by atoms with Crippen LogP contribution in [-0.2, 0) is 0 Å². The van der Waals surface area contributed by atoms with Crippen LogP contribution in [0.1, 0.15) is 25.8 Å². The van der Waals surface area contributed by atoms with Crippen molar-refractivity contribution in [2.24, 2.45) is 0 Å². The van der Waals surface area contributed by atoms with Crippen molar-refractivity contribution in [1.82, 2.24) is 14.5 Å². The van der Waals surface area contributed by atoms with Crippen LogP contribution in [0.15, 0.2) is 41.3 Å². The molecule has 3 rings (SSSR count). The molecule has 1 aliphatic heterocycles. The van der Waals surface area contributed by atoms with Crippen molar-refractivity contribution in [3.63, 3.8) is 0 Å². The van der Waals surface area contributed by atoms with Crippen LogP contribution in [0.25, 0.3) is 11.3 Å². The quantitative estimate of drug-likeness (QED) is 0.932. The number of aromatic nitrogens is 2. The molecular weight excluding hydrogens is 250 g/mol. The number of H-pyrrole nitrogens is 1. The molecule has 0 saturated carbocycles. The van der Waals surface area contributed by atoms with Crippen LogP contribution in [0, 0.1) is 0 Å². The molecule has 4 nitrogen and oxygen atoms in total. The third kappa shape index (κ3) is 2.56. The van der Waals surface area contributed by atoms with Crippen LogP contribution in [0.2, 0.25) is 0 Å². The van der Waals surface area contributed by atoms with Crippen LogP contribution in [-0.4, -0.2) is 34.1 Å². The molecule has 2 heterocycles. The van der Waals surface area contributed by atoms with Crippen molar-refractivity contribution in [1.29, 1.82) is 0 Å². The highest BCUT2D eigenvalue weighted by Gasteiger charge is 2.21. The molecule has 2 aromatic rings. The Hall–Kier alpha value is -1.81. The summed E-state index contributed by atoms with van der Waals surface area (Å²) in [6.07, 6.45) is 4.09. The fraction of sp³-hybridized carbons (Fsp3) is 0.438. The average Bonchev–Trinajstić information content (AvgIpc) is 2.90. The van der Waals surface area contributed by atoms with E-state index in [4.69, 9.17) is 0 Å². The highest BCUT2D eigenvalue weighted by Crippen LogP contribution is 2.23. The molecule has 4 heteroatoms. The number of nitrogens with one attached hydrogen (secondary N) is 1. The van der Waals surface area contributed by atoms with Crippen molar-refractivity contribution < 1.29 is 0 Å². The number of benzene rings is 1. The fourth-order valence-corrected chi connectivity index (χ4v) is 2.96. The predicted molar refractivity (Wildman–Crippen MR) is 80.9 cm³/mol. The molecular formula is C16H21N3O. The first kappa shape index (κ1) is 13.2. The molecule has 0 radical (unpaired) electrons. The summed E-state index contributed by atoms with van der Waals surface area (Å²) in [7, 11) is 0. The molecule has 0 bridgehead atoms. The number of rotatable bonds is 3. The first-order valence-electron chi connectivity index (χ1n) is 7.37. The third-order valence-corrected chi connectivity index (χ3v) is 4.23. The van der Waals surface area contributed by atoms with E-state index in [9.17, 15) is 4.79 Å². The molecule has 1 aromatic heterocycles. The summed E-state index contributed by atoms with van der Waals surface area (Å²) in [5.41, 5.74) is 1.99. The number of likely N-dealkylation sites (tertiary alicyclic amines) is 1. The van der Waals surface area contributed by atoms with E-state index in [-0.39, 0.29) is 5.69 Å². The van der Waals surface area contributed by atoms with Crippen molar-refractivity contribution >= 4 is 0 Å². The van der Waals surface area contributed by atoms with Crippen LogP contribution < -0.4 is 5.69 Å². The van der Waals surface area contributed by atoms with Gasteiger partial charge in [0.1, 0.15) is 0 Å². The number of hydrogen-bond acceptors (Lipinski definition) is 2. The Balaban J connectivity index is 1.82. The molecule has 1 aliphatic rings. The highest BCUT2D eigenvalue weighted by molar-refractivity contribution is 5.57. The minimum absolute atomic E-state index is 0.0128. The van der Waals surface area contributed by atoms with E-state index in [0.717, 1.165) is 43.7 Å². The Labute approximate surface area is 119 Å². The first-order chi connectivity index (χ1) is 9.78. The summed E-state index contributed by atoms with van der Waals surface area (Å²) in [6.45, 7) is 5.46. The van der Waals surface area contributed by atoms with Gasteiger partial charge in [0.15, 0.2) is 0 Å². The minimum atomic E-state index is 0.0128. The molecule has 0 amide bonds. The van der Waals surface area contributed by atoms with Gasteiger partial charge in [0.25, 0.3) is 0 Å². The first-order valence-corrected chi connectivity index (χ1v) is 7.37. The van der Waals surface area contributed by atoms with Gasteiger partial charge in [-0.3, -0.25) is 4.57 Å². The number of aromatic amines is 1. The van der Waals surface area contributed by atoms with Gasteiger partial charge in [0.05, 0.1) is 5.69 Å². The molecule has 106 valence electrons. The third-order valence-electron chi connectivity index (χ3n) is 4.23. The zero-order valence-electron chi connectivity index (χ0n) is 11.9. The lowest BCUT2D eigenvalue weighted by molar-refractivity contribution is 0.193. The van der Waals surface area contributed by atoms with Gasteiger partial charge in [-0.25, -0.2) is 4.79 Å². The number of piperidine rings is 1. The predicted octanol–water partition coefficient (Wildman–Crippen LogP) is 2.50. The lowest BCUT2D eigenvalue weighted by Gasteiger charge is -2.31. The van der Waals surface area contributed by atoms with Crippen LogP contribution in [0.3, 0.4) is 0 Å². The average molecular weight is 271 g/mol. The summed E-state index contributed by atoms with van der Waals surface area (Å²) in [5.74, 6) is 0. The van der Waals surface area contributed by atoms with Gasteiger partial charge < -0.3 is 9.88 Å².